The third-order valence-electron chi connectivity index (χ3n) is 1.10. The molecule has 0 heterocycles. The minimum Gasteiger partial charge on any atom is -1.00 e. The second kappa shape index (κ2) is 4.56. The summed E-state index contributed by atoms with van der Waals surface area (Å²) in [6.45, 7) is 0.0459. The molecule has 12 heavy (non-hydrogen) atoms. The number of aliphatic hydroxyl groups is 1. The third-order valence-corrected chi connectivity index (χ3v) is 2.04. The molecule has 0 spiro atoms. The van der Waals surface area contributed by atoms with Gasteiger partial charge in [-0.05, 0) is 0 Å². The minimum atomic E-state index is -4.31. The summed E-state index contributed by atoms with van der Waals surface area (Å²) in [5.74, 6) is -1.55. The van der Waals surface area contributed by atoms with E-state index >= 15 is 0 Å². The van der Waals surface area contributed by atoms with Crippen molar-refractivity contribution >= 4 is 7.60 Å². The zero-order valence-electron chi connectivity index (χ0n) is 7.31. The fraction of sp³-hybridized carbons (Fsp3) is 1.00. The largest absolute Gasteiger partial charge is 1.00 e. The van der Waals surface area contributed by atoms with Gasteiger partial charge >= 0.3 is 7.60 Å². The second-order valence-electron chi connectivity index (χ2n) is 3.54. The maximum absolute atomic E-state index is 10.4. The molecule has 3 N–H and O–H groups in total. The second-order valence-corrected chi connectivity index (χ2v) is 5.32. The summed E-state index contributed by atoms with van der Waals surface area (Å²) in [4.78, 5) is 17.0. The van der Waals surface area contributed by atoms with Crippen molar-refractivity contribution in [3.05, 3.63) is 0 Å². The van der Waals surface area contributed by atoms with E-state index in [1.54, 1.807) is 21.1 Å². The Balaban J connectivity index is 0. The van der Waals surface area contributed by atoms with E-state index in [1.165, 1.54) is 0 Å². The van der Waals surface area contributed by atoms with Gasteiger partial charge in [0, 0.05) is 0 Å². The van der Waals surface area contributed by atoms with Crippen molar-refractivity contribution in [3.63, 3.8) is 0 Å². The molecule has 0 saturated heterocycles. The van der Waals surface area contributed by atoms with E-state index in [0.717, 1.165) is 0 Å². The molecule has 0 saturated carbocycles. The quantitative estimate of drug-likeness (QED) is 0.336. The summed E-state index contributed by atoms with van der Waals surface area (Å²) in [7, 11) is 0.933. The number of quaternary nitrogens is 1. The van der Waals surface area contributed by atoms with E-state index in [0.29, 0.717) is 4.48 Å². The van der Waals surface area contributed by atoms with Gasteiger partial charge in [0.1, 0.15) is 6.54 Å². The Morgan fingerprint density at radius 1 is 1.33 bits per heavy atom. The van der Waals surface area contributed by atoms with Crippen molar-refractivity contribution in [1.82, 2.24) is 0 Å². The van der Waals surface area contributed by atoms with Gasteiger partial charge in [-0.1, -0.05) is 0 Å². The number of hydrogen-bond acceptors (Lipinski definition) is 2. The van der Waals surface area contributed by atoms with Crippen LogP contribution in [0.4, 0.5) is 0 Å². The minimum absolute atomic E-state index is 0. The van der Waals surface area contributed by atoms with Gasteiger partial charge in [-0.25, -0.2) is 0 Å². The summed E-state index contributed by atoms with van der Waals surface area (Å²) < 4.78 is 10.8. The molecule has 0 aromatic rings. The number of halogens is 1. The monoisotopic (exact) mass is 219 g/mol. The van der Waals surface area contributed by atoms with Crippen molar-refractivity contribution in [1.29, 1.82) is 0 Å². The fourth-order valence-electron chi connectivity index (χ4n) is 0.596. The van der Waals surface area contributed by atoms with Crippen molar-refractivity contribution < 1.29 is 36.3 Å². The zero-order valence-corrected chi connectivity index (χ0v) is 8.96. The van der Waals surface area contributed by atoms with Crippen LogP contribution in [0.1, 0.15) is 0 Å². The van der Waals surface area contributed by atoms with Crippen LogP contribution in [0.3, 0.4) is 0 Å². The van der Waals surface area contributed by atoms with Gasteiger partial charge in [0.05, 0.1) is 21.1 Å². The summed E-state index contributed by atoms with van der Waals surface area (Å²) in [5, 5.41) is 8.94. The predicted molar refractivity (Wildman–Crippen MR) is 41.0 cm³/mol. The molecular weight excluding hydrogens is 204 g/mol. The van der Waals surface area contributed by atoms with Gasteiger partial charge in [0.2, 0.25) is 5.85 Å². The average Bonchev–Trinajstić information content (AvgIpc) is 1.56. The molecule has 1 unspecified atom stereocenters. The molecule has 0 aromatic carbocycles. The number of hydrogen-bond donors (Lipinski definition) is 3. The van der Waals surface area contributed by atoms with E-state index in [2.05, 4.69) is 0 Å². The molecule has 0 aliphatic carbocycles. The van der Waals surface area contributed by atoms with Crippen molar-refractivity contribution in [2.24, 2.45) is 0 Å². The van der Waals surface area contributed by atoms with E-state index < -0.39 is 13.4 Å². The van der Waals surface area contributed by atoms with Crippen LogP contribution in [0.15, 0.2) is 0 Å². The Bertz CT molecular complexity index is 175. The fourth-order valence-corrected chi connectivity index (χ4v) is 1.30. The Morgan fingerprint density at radius 2 is 1.67 bits per heavy atom. The SMILES string of the molecule is C[N+](C)(C)CC(O)P(=O)(O)O.[Cl-]. The van der Waals surface area contributed by atoms with Crippen LogP contribution in [-0.2, 0) is 4.57 Å². The molecule has 76 valence electrons. The van der Waals surface area contributed by atoms with E-state index in [4.69, 9.17) is 14.9 Å². The predicted octanol–water partition coefficient (Wildman–Crippen LogP) is -3.81. The van der Waals surface area contributed by atoms with E-state index in [9.17, 15) is 4.57 Å². The summed E-state index contributed by atoms with van der Waals surface area (Å²) >= 11 is 0. The summed E-state index contributed by atoms with van der Waals surface area (Å²) in [6.07, 6.45) is 0. The maximum atomic E-state index is 10.4. The molecule has 7 heteroatoms. The summed E-state index contributed by atoms with van der Waals surface area (Å²) in [5.41, 5.74) is 0. The van der Waals surface area contributed by atoms with E-state index in [-0.39, 0.29) is 19.0 Å². The zero-order chi connectivity index (χ0) is 9.28. The Morgan fingerprint density at radius 3 is 1.75 bits per heavy atom. The molecule has 0 amide bonds. The highest BCUT2D eigenvalue weighted by Crippen LogP contribution is 2.39. The first kappa shape index (κ1) is 14.9. The third kappa shape index (κ3) is 7.03. The highest BCUT2D eigenvalue weighted by atomic mass is 35.5. The van der Waals surface area contributed by atoms with Crippen LogP contribution in [0.2, 0.25) is 0 Å². The Hall–Kier alpha value is 0.360. The smallest absolute Gasteiger partial charge is 0.359 e. The number of nitrogens with zero attached hydrogens (tertiary/aromatic N) is 1. The first-order chi connectivity index (χ1) is 4.63. The van der Waals surface area contributed by atoms with Gasteiger partial charge in [-0.15, -0.1) is 0 Å². The lowest BCUT2D eigenvalue weighted by Crippen LogP contribution is -3.00. The van der Waals surface area contributed by atoms with Gasteiger partial charge in [0.25, 0.3) is 0 Å². The Kier molecular flexibility index (Phi) is 5.64. The highest BCUT2D eigenvalue weighted by molar-refractivity contribution is 7.52. The molecule has 0 rings (SSSR count). The average molecular weight is 220 g/mol. The van der Waals surface area contributed by atoms with Crippen LogP contribution >= 0.6 is 7.60 Å². The van der Waals surface area contributed by atoms with Crippen LogP contribution in [0.25, 0.3) is 0 Å². The molecule has 0 fully saturated rings. The van der Waals surface area contributed by atoms with Crippen molar-refractivity contribution in [3.8, 4) is 0 Å². The number of rotatable bonds is 3. The molecule has 0 aliphatic heterocycles. The first-order valence-electron chi connectivity index (χ1n) is 3.17. The van der Waals surface area contributed by atoms with Crippen LogP contribution in [0, 0.1) is 0 Å². The summed E-state index contributed by atoms with van der Waals surface area (Å²) in [6, 6.07) is 0. The van der Waals surface area contributed by atoms with Crippen LogP contribution < -0.4 is 12.4 Å². The Labute approximate surface area is 78.2 Å². The van der Waals surface area contributed by atoms with Crippen molar-refractivity contribution in [2.45, 2.75) is 5.85 Å². The maximum Gasteiger partial charge on any atom is 0.359 e. The van der Waals surface area contributed by atoms with Gasteiger partial charge < -0.3 is 31.8 Å². The molecular formula is C5H15ClNO4P. The van der Waals surface area contributed by atoms with Gasteiger partial charge in [-0.2, -0.15) is 0 Å². The van der Waals surface area contributed by atoms with Crippen LogP contribution in [0.5, 0.6) is 0 Å². The van der Waals surface area contributed by atoms with Gasteiger partial charge in [-0.3, -0.25) is 4.57 Å². The molecule has 0 aromatic heterocycles. The molecule has 0 radical (unpaired) electrons. The molecule has 1 atom stereocenters. The first-order valence-corrected chi connectivity index (χ1v) is 4.85. The lowest BCUT2D eigenvalue weighted by molar-refractivity contribution is -0.872. The lowest BCUT2D eigenvalue weighted by Gasteiger charge is -2.26. The normalized spacial score (nSPS) is 15.2. The van der Waals surface area contributed by atoms with Crippen molar-refractivity contribution in [2.75, 3.05) is 27.7 Å². The highest BCUT2D eigenvalue weighted by Gasteiger charge is 2.31. The molecule has 5 nitrogen and oxygen atoms in total. The lowest BCUT2D eigenvalue weighted by atomic mass is 10.5. The molecule has 0 bridgehead atoms. The van der Waals surface area contributed by atoms with Gasteiger partial charge in [0.15, 0.2) is 0 Å². The topological polar surface area (TPSA) is 77.8 Å². The number of likely N-dealkylation sites (N-methyl/N-ethyl adjacent to an activating group) is 1. The number of aliphatic hydroxyl groups excluding tert-OH is 1. The van der Waals surface area contributed by atoms with Crippen LogP contribution in [-0.4, -0.2) is 52.9 Å². The standard InChI is InChI=1S/C5H14NO4P.ClH/c1-6(2,3)4-5(7)11(8,9)10;/h5,7H,4H2,1-3H3,(H-,8,9,10);1H. The van der Waals surface area contributed by atoms with E-state index in [1.807, 2.05) is 0 Å². The molecule has 0 aliphatic rings.